The third-order valence-corrected chi connectivity index (χ3v) is 2.46. The lowest BCUT2D eigenvalue weighted by atomic mass is 9.98. The molecule has 0 unspecified atom stereocenters. The average molecular weight is 310 g/mol. The van der Waals surface area contributed by atoms with E-state index in [1.807, 2.05) is 0 Å². The molecule has 0 saturated carbocycles. The van der Waals surface area contributed by atoms with Crippen LogP contribution in [0.2, 0.25) is 0 Å². The molecular weight excluding hydrogens is 297 g/mol. The van der Waals surface area contributed by atoms with E-state index in [2.05, 4.69) is 0 Å². The van der Waals surface area contributed by atoms with Gasteiger partial charge in [0.25, 0.3) is 0 Å². The van der Waals surface area contributed by atoms with Crippen molar-refractivity contribution in [3.63, 3.8) is 0 Å². The fourth-order valence-electron chi connectivity index (χ4n) is 1.18. The Morgan fingerprint density at radius 3 is 1.75 bits per heavy atom. The van der Waals surface area contributed by atoms with E-state index in [1.54, 1.807) is 13.8 Å². The maximum absolute atomic E-state index is 12.9. The van der Waals surface area contributed by atoms with E-state index in [4.69, 9.17) is 0 Å². The van der Waals surface area contributed by atoms with E-state index in [1.165, 1.54) is 0 Å². The highest BCUT2D eigenvalue weighted by Gasteiger charge is 2.75. The summed E-state index contributed by atoms with van der Waals surface area (Å²) in [6, 6.07) is 0. The van der Waals surface area contributed by atoms with Gasteiger partial charge in [0.2, 0.25) is 5.78 Å². The van der Waals surface area contributed by atoms with E-state index in [0.717, 1.165) is 0 Å². The Labute approximate surface area is 110 Å². The topological polar surface area (TPSA) is 34.1 Å². The van der Waals surface area contributed by atoms with Crippen LogP contribution < -0.4 is 0 Å². The Kier molecular flexibility index (Phi) is 5.74. The van der Waals surface area contributed by atoms with Crippen molar-refractivity contribution >= 4 is 11.6 Å². The van der Waals surface area contributed by atoms with Gasteiger partial charge in [-0.25, -0.2) is 0 Å². The van der Waals surface area contributed by atoms with Crippen molar-refractivity contribution in [3.05, 3.63) is 0 Å². The molecule has 9 heteroatoms. The van der Waals surface area contributed by atoms with Crippen LogP contribution in [0.25, 0.3) is 0 Å². The molecule has 0 aromatic heterocycles. The van der Waals surface area contributed by atoms with Gasteiger partial charge in [-0.1, -0.05) is 13.8 Å². The molecule has 0 bridgehead atoms. The zero-order valence-corrected chi connectivity index (χ0v) is 10.7. The van der Waals surface area contributed by atoms with Gasteiger partial charge in [-0.05, 0) is 12.3 Å². The van der Waals surface area contributed by atoms with Crippen molar-refractivity contribution in [1.82, 2.24) is 0 Å². The summed E-state index contributed by atoms with van der Waals surface area (Å²) in [7, 11) is 0. The number of hydrogen-bond donors (Lipinski definition) is 0. The van der Waals surface area contributed by atoms with E-state index in [-0.39, 0.29) is 18.8 Å². The van der Waals surface area contributed by atoms with Crippen LogP contribution in [0.3, 0.4) is 0 Å². The van der Waals surface area contributed by atoms with E-state index < -0.39 is 36.0 Å². The zero-order chi connectivity index (χ0) is 16.4. The minimum absolute atomic E-state index is 0.00817. The molecule has 0 N–H and O–H groups in total. The van der Waals surface area contributed by atoms with Crippen LogP contribution in [0.5, 0.6) is 0 Å². The van der Waals surface area contributed by atoms with Crippen molar-refractivity contribution in [3.8, 4) is 0 Å². The van der Waals surface area contributed by atoms with Gasteiger partial charge in [0.05, 0.1) is 6.42 Å². The van der Waals surface area contributed by atoms with Gasteiger partial charge in [0, 0.05) is 6.42 Å². The lowest BCUT2D eigenvalue weighted by molar-refractivity contribution is -0.343. The largest absolute Gasteiger partial charge is 0.460 e. The van der Waals surface area contributed by atoms with Gasteiger partial charge in [-0.15, -0.1) is 0 Å². The molecule has 0 aromatic carbocycles. The van der Waals surface area contributed by atoms with Gasteiger partial charge in [-0.2, -0.15) is 30.7 Å². The van der Waals surface area contributed by atoms with Gasteiger partial charge in [-0.3, -0.25) is 9.59 Å². The summed E-state index contributed by atoms with van der Waals surface area (Å²) in [5, 5.41) is 0. The predicted octanol–water partition coefficient (Wildman–Crippen LogP) is 3.78. The molecule has 0 rings (SSSR count). The maximum Gasteiger partial charge on any atom is 0.460 e. The molecule has 118 valence electrons. The lowest BCUT2D eigenvalue weighted by Gasteiger charge is -2.26. The number of carbonyl (C=O) groups excluding carboxylic acids is 2. The number of ketones is 2. The first-order chi connectivity index (χ1) is 8.73. The first-order valence-electron chi connectivity index (χ1n) is 5.60. The molecular formula is C11H13F7O2. The van der Waals surface area contributed by atoms with Crippen LogP contribution in [0, 0.1) is 5.92 Å². The Morgan fingerprint density at radius 2 is 1.40 bits per heavy atom. The van der Waals surface area contributed by atoms with E-state index in [0.29, 0.717) is 0 Å². The standard InChI is InChI=1S/C11H13F7O2/c1-6(2)3-4-7(19)5-8(20)9(12,13)10(14,15)11(16,17)18/h6H,3-5H2,1-2H3. The van der Waals surface area contributed by atoms with Crippen LogP contribution in [0.4, 0.5) is 30.7 Å². The molecule has 0 atom stereocenters. The number of rotatable bonds is 7. The average Bonchev–Trinajstić information content (AvgIpc) is 2.24. The van der Waals surface area contributed by atoms with Crippen molar-refractivity contribution in [2.75, 3.05) is 0 Å². The van der Waals surface area contributed by atoms with Gasteiger partial charge >= 0.3 is 18.0 Å². The Balaban J connectivity index is 4.88. The molecule has 2 nitrogen and oxygen atoms in total. The summed E-state index contributed by atoms with van der Waals surface area (Å²) in [5.41, 5.74) is 0. The third kappa shape index (κ3) is 4.17. The van der Waals surface area contributed by atoms with Crippen LogP contribution in [-0.2, 0) is 9.59 Å². The van der Waals surface area contributed by atoms with Gasteiger partial charge in [0.1, 0.15) is 5.78 Å². The molecule has 0 aromatic rings. The predicted molar refractivity (Wildman–Crippen MR) is 54.7 cm³/mol. The second-order valence-electron chi connectivity index (χ2n) is 4.72. The maximum atomic E-state index is 12.9. The fraction of sp³-hybridized carbons (Fsp3) is 0.818. The summed E-state index contributed by atoms with van der Waals surface area (Å²) in [5.74, 6) is -16.3. The summed E-state index contributed by atoms with van der Waals surface area (Å²) in [6.45, 7) is 3.36. The van der Waals surface area contributed by atoms with Crippen molar-refractivity contribution in [2.45, 2.75) is 51.1 Å². The molecule has 0 amide bonds. The monoisotopic (exact) mass is 310 g/mol. The van der Waals surface area contributed by atoms with Crippen molar-refractivity contribution in [1.29, 1.82) is 0 Å². The number of carbonyl (C=O) groups is 2. The van der Waals surface area contributed by atoms with Crippen LogP contribution in [0.1, 0.15) is 33.1 Å². The minimum Gasteiger partial charge on any atom is -0.299 e. The Bertz CT molecular complexity index is 371. The van der Waals surface area contributed by atoms with Crippen LogP contribution >= 0.6 is 0 Å². The summed E-state index contributed by atoms with van der Waals surface area (Å²) >= 11 is 0. The molecule has 20 heavy (non-hydrogen) atoms. The quantitative estimate of drug-likeness (QED) is 0.530. The van der Waals surface area contributed by atoms with Gasteiger partial charge < -0.3 is 0 Å². The number of halogens is 7. The summed E-state index contributed by atoms with van der Waals surface area (Å²) in [6.07, 6.45) is -8.34. The molecule has 0 radical (unpaired) electrons. The van der Waals surface area contributed by atoms with Crippen LogP contribution in [-0.4, -0.2) is 29.6 Å². The molecule has 0 aliphatic carbocycles. The second-order valence-corrected chi connectivity index (χ2v) is 4.72. The molecule has 0 spiro atoms. The Morgan fingerprint density at radius 1 is 0.950 bits per heavy atom. The molecule has 0 saturated heterocycles. The molecule has 0 fully saturated rings. The summed E-state index contributed by atoms with van der Waals surface area (Å²) < 4.78 is 86.2. The lowest BCUT2D eigenvalue weighted by Crippen LogP contribution is -2.56. The second kappa shape index (κ2) is 6.09. The smallest absolute Gasteiger partial charge is 0.299 e. The van der Waals surface area contributed by atoms with E-state index >= 15 is 0 Å². The van der Waals surface area contributed by atoms with Crippen molar-refractivity contribution in [2.24, 2.45) is 5.92 Å². The Hall–Kier alpha value is -1.15. The first-order valence-corrected chi connectivity index (χ1v) is 5.60. The minimum atomic E-state index is -6.58. The molecule has 0 heterocycles. The third-order valence-electron chi connectivity index (χ3n) is 2.46. The highest BCUT2D eigenvalue weighted by Crippen LogP contribution is 2.47. The van der Waals surface area contributed by atoms with Gasteiger partial charge in [0.15, 0.2) is 0 Å². The zero-order valence-electron chi connectivity index (χ0n) is 10.7. The highest BCUT2D eigenvalue weighted by molar-refractivity contribution is 6.02. The normalized spacial score (nSPS) is 13.7. The SMILES string of the molecule is CC(C)CCC(=O)CC(=O)C(F)(F)C(F)(F)C(F)(F)F. The van der Waals surface area contributed by atoms with Crippen molar-refractivity contribution < 1.29 is 40.3 Å². The number of alkyl halides is 7. The van der Waals surface area contributed by atoms with E-state index in [9.17, 15) is 40.3 Å². The number of Topliss-reactive ketones (excluding diaryl/α,β-unsaturated/α-hetero) is 2. The molecule has 0 aliphatic rings. The number of hydrogen-bond acceptors (Lipinski definition) is 2. The van der Waals surface area contributed by atoms with Crippen LogP contribution in [0.15, 0.2) is 0 Å². The first kappa shape index (κ1) is 18.9. The molecule has 0 aliphatic heterocycles. The highest BCUT2D eigenvalue weighted by atomic mass is 19.4. The summed E-state index contributed by atoms with van der Waals surface area (Å²) in [4.78, 5) is 22.0. The fourth-order valence-corrected chi connectivity index (χ4v) is 1.18.